The second-order valence-electron chi connectivity index (χ2n) is 5.94. The monoisotopic (exact) mass is 411 g/mol. The SMILES string of the molecule is COc1ccc(NC(=O)CSc2nccnc2Oc2ccccc2C)cc1OC. The molecule has 0 atom stereocenters. The number of aryl methyl sites for hydroxylation is 1. The van der Waals surface area contributed by atoms with E-state index in [0.29, 0.717) is 33.8 Å². The lowest BCUT2D eigenvalue weighted by Crippen LogP contribution is -2.14. The van der Waals surface area contributed by atoms with E-state index in [1.807, 2.05) is 31.2 Å². The number of aromatic nitrogens is 2. The molecule has 1 heterocycles. The van der Waals surface area contributed by atoms with Gasteiger partial charge in [0.25, 0.3) is 5.88 Å². The Hall–Kier alpha value is -3.26. The molecule has 0 fully saturated rings. The number of nitrogens with zero attached hydrogens (tertiary/aromatic N) is 2. The Kier molecular flexibility index (Phi) is 6.91. The van der Waals surface area contributed by atoms with Crippen LogP contribution in [0.25, 0.3) is 0 Å². The van der Waals surface area contributed by atoms with Crippen molar-refractivity contribution >= 4 is 23.4 Å². The van der Waals surface area contributed by atoms with Crippen LogP contribution in [-0.4, -0.2) is 35.8 Å². The molecule has 2 aromatic carbocycles. The van der Waals surface area contributed by atoms with E-state index in [4.69, 9.17) is 14.2 Å². The van der Waals surface area contributed by atoms with Gasteiger partial charge in [-0.3, -0.25) is 4.79 Å². The van der Waals surface area contributed by atoms with Crippen molar-refractivity contribution in [2.24, 2.45) is 0 Å². The van der Waals surface area contributed by atoms with Crippen LogP contribution in [0.1, 0.15) is 5.56 Å². The maximum atomic E-state index is 12.4. The number of ether oxygens (including phenoxy) is 3. The second-order valence-corrected chi connectivity index (χ2v) is 6.90. The summed E-state index contributed by atoms with van der Waals surface area (Å²) >= 11 is 1.25. The van der Waals surface area contributed by atoms with E-state index in [-0.39, 0.29) is 11.7 Å². The van der Waals surface area contributed by atoms with Gasteiger partial charge < -0.3 is 19.5 Å². The topological polar surface area (TPSA) is 82.6 Å². The lowest BCUT2D eigenvalue weighted by atomic mass is 10.2. The predicted molar refractivity (Wildman–Crippen MR) is 112 cm³/mol. The summed E-state index contributed by atoms with van der Waals surface area (Å²) in [7, 11) is 3.10. The molecule has 3 aromatic rings. The fraction of sp³-hybridized carbons (Fsp3) is 0.190. The van der Waals surface area contributed by atoms with Crippen molar-refractivity contribution in [3.05, 3.63) is 60.4 Å². The number of thioether (sulfide) groups is 1. The lowest BCUT2D eigenvalue weighted by Gasteiger charge is -2.11. The third-order valence-corrected chi connectivity index (χ3v) is 4.90. The molecule has 1 N–H and O–H groups in total. The van der Waals surface area contributed by atoms with E-state index in [0.717, 1.165) is 5.56 Å². The average Bonchev–Trinajstić information content (AvgIpc) is 2.74. The van der Waals surface area contributed by atoms with Gasteiger partial charge in [0.05, 0.1) is 20.0 Å². The van der Waals surface area contributed by atoms with E-state index in [9.17, 15) is 4.79 Å². The van der Waals surface area contributed by atoms with Crippen molar-refractivity contribution in [3.8, 4) is 23.1 Å². The van der Waals surface area contributed by atoms with Crippen LogP contribution in [0, 0.1) is 6.92 Å². The number of anilines is 1. The molecule has 0 aliphatic carbocycles. The van der Waals surface area contributed by atoms with Crippen LogP contribution in [-0.2, 0) is 4.79 Å². The quantitative estimate of drug-likeness (QED) is 0.553. The first-order valence-corrected chi connectivity index (χ1v) is 9.78. The molecule has 0 saturated heterocycles. The van der Waals surface area contributed by atoms with Crippen molar-refractivity contribution in [2.75, 3.05) is 25.3 Å². The first kappa shape index (κ1) is 20.5. The Balaban J connectivity index is 1.64. The third-order valence-electron chi connectivity index (χ3n) is 3.94. The minimum absolute atomic E-state index is 0.150. The van der Waals surface area contributed by atoms with Crippen LogP contribution < -0.4 is 19.5 Å². The molecule has 7 nitrogen and oxygen atoms in total. The van der Waals surface area contributed by atoms with E-state index < -0.39 is 0 Å². The lowest BCUT2D eigenvalue weighted by molar-refractivity contribution is -0.113. The first-order valence-electron chi connectivity index (χ1n) is 8.80. The molecular formula is C21H21N3O4S. The fourth-order valence-corrected chi connectivity index (χ4v) is 3.19. The van der Waals surface area contributed by atoms with Crippen molar-refractivity contribution < 1.29 is 19.0 Å². The van der Waals surface area contributed by atoms with Crippen molar-refractivity contribution in [1.29, 1.82) is 0 Å². The molecule has 1 aromatic heterocycles. The molecule has 8 heteroatoms. The molecule has 0 spiro atoms. The molecular weight excluding hydrogens is 390 g/mol. The molecule has 0 bridgehead atoms. The molecule has 150 valence electrons. The molecule has 0 unspecified atom stereocenters. The zero-order valence-electron chi connectivity index (χ0n) is 16.3. The number of methoxy groups -OCH3 is 2. The Morgan fingerprint density at radius 3 is 2.52 bits per heavy atom. The minimum atomic E-state index is -0.185. The fourth-order valence-electron chi connectivity index (χ4n) is 2.50. The first-order chi connectivity index (χ1) is 14.1. The van der Waals surface area contributed by atoms with Gasteiger partial charge in [0.15, 0.2) is 16.5 Å². The molecule has 0 aliphatic heterocycles. The van der Waals surface area contributed by atoms with E-state index >= 15 is 0 Å². The van der Waals surface area contributed by atoms with Gasteiger partial charge in [-0.1, -0.05) is 30.0 Å². The third kappa shape index (κ3) is 5.39. The Bertz CT molecular complexity index is 997. The highest BCUT2D eigenvalue weighted by atomic mass is 32.2. The number of amides is 1. The standard InChI is InChI=1S/C21H21N3O4S/c1-14-6-4-5-7-16(14)28-20-21(23-11-10-22-20)29-13-19(25)24-15-8-9-17(26-2)18(12-15)27-3/h4-12H,13H2,1-3H3,(H,24,25). The molecule has 0 saturated carbocycles. The highest BCUT2D eigenvalue weighted by molar-refractivity contribution is 8.00. The Labute approximate surface area is 173 Å². The number of hydrogen-bond donors (Lipinski definition) is 1. The van der Waals surface area contributed by atoms with Crippen molar-refractivity contribution in [3.63, 3.8) is 0 Å². The number of carbonyl (C=O) groups is 1. The number of para-hydroxylation sites is 1. The summed E-state index contributed by atoms with van der Waals surface area (Å²) in [4.78, 5) is 20.9. The summed E-state index contributed by atoms with van der Waals surface area (Å²) in [5, 5.41) is 3.37. The summed E-state index contributed by atoms with van der Waals surface area (Å²) in [6.45, 7) is 1.95. The van der Waals surface area contributed by atoms with Gasteiger partial charge in [0.1, 0.15) is 5.75 Å². The van der Waals surface area contributed by atoms with Gasteiger partial charge in [-0.2, -0.15) is 0 Å². The highest BCUT2D eigenvalue weighted by Gasteiger charge is 2.13. The molecule has 1 amide bonds. The normalized spacial score (nSPS) is 10.3. The van der Waals surface area contributed by atoms with Crippen LogP contribution in [0.2, 0.25) is 0 Å². The maximum absolute atomic E-state index is 12.4. The second kappa shape index (κ2) is 9.79. The molecule has 0 radical (unpaired) electrons. The van der Waals surface area contributed by atoms with E-state index in [2.05, 4.69) is 15.3 Å². The highest BCUT2D eigenvalue weighted by Crippen LogP contribution is 2.31. The molecule has 29 heavy (non-hydrogen) atoms. The molecule has 0 aliphatic rings. The summed E-state index contributed by atoms with van der Waals surface area (Å²) in [6, 6.07) is 12.8. The van der Waals surface area contributed by atoms with E-state index in [1.165, 1.54) is 11.8 Å². The molecule has 3 rings (SSSR count). The maximum Gasteiger partial charge on any atom is 0.252 e. The van der Waals surface area contributed by atoms with Gasteiger partial charge in [0, 0.05) is 24.1 Å². The predicted octanol–water partition coefficient (Wildman–Crippen LogP) is 4.33. The number of rotatable bonds is 8. The Morgan fingerprint density at radius 2 is 1.76 bits per heavy atom. The van der Waals surface area contributed by atoms with Gasteiger partial charge >= 0.3 is 0 Å². The van der Waals surface area contributed by atoms with Crippen LogP contribution >= 0.6 is 11.8 Å². The average molecular weight is 411 g/mol. The van der Waals surface area contributed by atoms with Crippen LogP contribution in [0.15, 0.2) is 59.9 Å². The van der Waals surface area contributed by atoms with Crippen molar-refractivity contribution in [1.82, 2.24) is 9.97 Å². The summed E-state index contributed by atoms with van der Waals surface area (Å²) in [5.74, 6) is 2.17. The van der Waals surface area contributed by atoms with Gasteiger partial charge in [0.2, 0.25) is 5.91 Å². The number of benzene rings is 2. The van der Waals surface area contributed by atoms with Gasteiger partial charge in [-0.15, -0.1) is 0 Å². The van der Waals surface area contributed by atoms with Gasteiger partial charge in [-0.25, -0.2) is 9.97 Å². The van der Waals surface area contributed by atoms with Crippen LogP contribution in [0.5, 0.6) is 23.1 Å². The number of nitrogens with one attached hydrogen (secondary N) is 1. The van der Waals surface area contributed by atoms with Crippen LogP contribution in [0.3, 0.4) is 0 Å². The zero-order chi connectivity index (χ0) is 20.6. The largest absolute Gasteiger partial charge is 0.493 e. The minimum Gasteiger partial charge on any atom is -0.493 e. The Morgan fingerprint density at radius 1 is 1.00 bits per heavy atom. The summed E-state index contributed by atoms with van der Waals surface area (Å²) in [6.07, 6.45) is 3.13. The van der Waals surface area contributed by atoms with Crippen LogP contribution in [0.4, 0.5) is 5.69 Å². The summed E-state index contributed by atoms with van der Waals surface area (Å²) in [5.41, 5.74) is 1.60. The summed E-state index contributed by atoms with van der Waals surface area (Å²) < 4.78 is 16.3. The number of hydrogen-bond acceptors (Lipinski definition) is 7. The number of carbonyl (C=O) groups excluding carboxylic acids is 1. The van der Waals surface area contributed by atoms with Gasteiger partial charge in [-0.05, 0) is 30.7 Å². The van der Waals surface area contributed by atoms with Crippen molar-refractivity contribution in [2.45, 2.75) is 11.9 Å². The smallest absolute Gasteiger partial charge is 0.252 e. The zero-order valence-corrected chi connectivity index (χ0v) is 17.2. The van der Waals surface area contributed by atoms with E-state index in [1.54, 1.807) is 44.8 Å².